The molecule has 0 aliphatic heterocycles. The molecule has 1 aromatic heterocycles. The number of nitrogens with two attached hydrogens (primary N) is 1. The Bertz CT molecular complexity index is 554. The van der Waals surface area contributed by atoms with Crippen LogP contribution in [0.5, 0.6) is 0 Å². The van der Waals surface area contributed by atoms with Crippen LogP contribution >= 0.6 is 0 Å². The first-order chi connectivity index (χ1) is 8.51. The maximum atomic E-state index is 13.1. The summed E-state index contributed by atoms with van der Waals surface area (Å²) >= 11 is 0. The summed E-state index contributed by atoms with van der Waals surface area (Å²) in [4.78, 5) is 8.32. The van der Waals surface area contributed by atoms with Gasteiger partial charge in [0.15, 0.2) is 5.82 Å². The van der Waals surface area contributed by atoms with Gasteiger partial charge in [-0.3, -0.25) is 0 Å². The molecule has 0 fully saturated rings. The Hall–Kier alpha value is -2.04. The molecule has 0 aliphatic carbocycles. The number of nitrogen functional groups attached to an aromatic ring is 1. The number of halogens is 2. The highest BCUT2D eigenvalue weighted by atomic mass is 19.1. The molecule has 94 valence electrons. The fourth-order valence-corrected chi connectivity index (χ4v) is 1.87. The normalized spacial score (nSPS) is 10.7. The van der Waals surface area contributed by atoms with Crippen LogP contribution in [0, 0.1) is 18.6 Å². The first kappa shape index (κ1) is 12.4. The molecule has 5 heteroatoms. The van der Waals surface area contributed by atoms with Gasteiger partial charge in [-0.05, 0) is 25.5 Å². The van der Waals surface area contributed by atoms with Crippen LogP contribution in [0.1, 0.15) is 18.2 Å². The third kappa shape index (κ3) is 2.30. The quantitative estimate of drug-likeness (QED) is 0.890. The highest BCUT2D eigenvalue weighted by Gasteiger charge is 2.11. The lowest BCUT2D eigenvalue weighted by Crippen LogP contribution is -2.04. The molecule has 2 aromatic rings. The topological polar surface area (TPSA) is 51.8 Å². The molecule has 2 N–H and O–H groups in total. The molecule has 0 atom stereocenters. The van der Waals surface area contributed by atoms with E-state index in [1.54, 1.807) is 6.92 Å². The number of anilines is 1. The van der Waals surface area contributed by atoms with Crippen molar-refractivity contribution in [2.75, 3.05) is 5.73 Å². The number of rotatable bonds is 2. The molecular formula is C13H13F2N3. The van der Waals surface area contributed by atoms with Gasteiger partial charge >= 0.3 is 0 Å². The smallest absolute Gasteiger partial charge is 0.161 e. The van der Waals surface area contributed by atoms with Gasteiger partial charge in [-0.15, -0.1) is 0 Å². The lowest BCUT2D eigenvalue weighted by Gasteiger charge is -2.09. The third-order valence-corrected chi connectivity index (χ3v) is 2.72. The minimum atomic E-state index is -0.663. The van der Waals surface area contributed by atoms with Gasteiger partial charge in [-0.2, -0.15) is 0 Å². The van der Waals surface area contributed by atoms with Crippen LogP contribution in [0.25, 0.3) is 11.4 Å². The minimum Gasteiger partial charge on any atom is -0.383 e. The number of aryl methyl sites for hydroxylation is 1. The summed E-state index contributed by atoms with van der Waals surface area (Å²) < 4.78 is 26.3. The summed E-state index contributed by atoms with van der Waals surface area (Å²) in [5.41, 5.74) is 7.67. The summed E-state index contributed by atoms with van der Waals surface area (Å²) in [6, 6.07) is 3.17. The molecule has 3 nitrogen and oxygen atoms in total. The van der Waals surface area contributed by atoms with E-state index in [0.717, 1.165) is 23.7 Å². The van der Waals surface area contributed by atoms with E-state index in [2.05, 4.69) is 9.97 Å². The largest absolute Gasteiger partial charge is 0.383 e. The van der Waals surface area contributed by atoms with Crippen molar-refractivity contribution in [1.29, 1.82) is 0 Å². The Kier molecular flexibility index (Phi) is 3.23. The molecule has 1 aromatic carbocycles. The Morgan fingerprint density at radius 3 is 2.22 bits per heavy atom. The molecular weight excluding hydrogens is 236 g/mol. The summed E-state index contributed by atoms with van der Waals surface area (Å²) in [5, 5.41) is 0. The van der Waals surface area contributed by atoms with Crippen LogP contribution in [0.4, 0.5) is 14.6 Å². The van der Waals surface area contributed by atoms with Crippen LogP contribution in [0.3, 0.4) is 0 Å². The van der Waals surface area contributed by atoms with Crippen LogP contribution in [0.15, 0.2) is 18.2 Å². The van der Waals surface area contributed by atoms with E-state index in [-0.39, 0.29) is 11.4 Å². The molecule has 0 aliphatic rings. The molecule has 2 rings (SSSR count). The maximum Gasteiger partial charge on any atom is 0.161 e. The molecule has 18 heavy (non-hydrogen) atoms. The van der Waals surface area contributed by atoms with Crippen LogP contribution < -0.4 is 5.73 Å². The van der Waals surface area contributed by atoms with E-state index < -0.39 is 11.6 Å². The molecule has 0 bridgehead atoms. The van der Waals surface area contributed by atoms with Gasteiger partial charge in [0, 0.05) is 22.9 Å². The zero-order chi connectivity index (χ0) is 13.3. The summed E-state index contributed by atoms with van der Waals surface area (Å²) in [7, 11) is 0. The van der Waals surface area contributed by atoms with E-state index >= 15 is 0 Å². The number of hydrogen-bond donors (Lipinski definition) is 1. The minimum absolute atomic E-state index is 0.237. The zero-order valence-corrected chi connectivity index (χ0v) is 10.2. The van der Waals surface area contributed by atoms with Gasteiger partial charge in [0.2, 0.25) is 0 Å². The molecule has 0 unspecified atom stereocenters. The van der Waals surface area contributed by atoms with E-state index in [4.69, 9.17) is 5.73 Å². The van der Waals surface area contributed by atoms with Crippen LogP contribution in [-0.4, -0.2) is 9.97 Å². The zero-order valence-electron chi connectivity index (χ0n) is 10.2. The fourth-order valence-electron chi connectivity index (χ4n) is 1.87. The Labute approximate surface area is 104 Å². The molecule has 0 saturated heterocycles. The summed E-state index contributed by atoms with van der Waals surface area (Å²) in [6.07, 6.45) is 0.718. The number of nitrogens with zero attached hydrogens (tertiary/aromatic N) is 2. The van der Waals surface area contributed by atoms with Crippen LogP contribution in [0.2, 0.25) is 0 Å². The first-order valence-electron chi connectivity index (χ1n) is 5.60. The molecule has 0 amide bonds. The second-order valence-corrected chi connectivity index (χ2v) is 4.01. The van der Waals surface area contributed by atoms with Gasteiger partial charge in [0.1, 0.15) is 17.5 Å². The van der Waals surface area contributed by atoms with E-state index in [9.17, 15) is 8.78 Å². The van der Waals surface area contributed by atoms with Crippen molar-refractivity contribution in [1.82, 2.24) is 9.97 Å². The van der Waals surface area contributed by atoms with Gasteiger partial charge in [-0.25, -0.2) is 18.7 Å². The van der Waals surface area contributed by atoms with Crippen molar-refractivity contribution < 1.29 is 8.78 Å². The maximum absolute atomic E-state index is 13.1. The van der Waals surface area contributed by atoms with Crippen molar-refractivity contribution in [3.63, 3.8) is 0 Å². The lowest BCUT2D eigenvalue weighted by molar-refractivity contribution is 0.584. The van der Waals surface area contributed by atoms with Gasteiger partial charge in [-0.1, -0.05) is 6.92 Å². The molecule has 0 spiro atoms. The third-order valence-electron chi connectivity index (χ3n) is 2.72. The second-order valence-electron chi connectivity index (χ2n) is 4.01. The van der Waals surface area contributed by atoms with E-state index in [1.807, 2.05) is 6.92 Å². The van der Waals surface area contributed by atoms with Crippen molar-refractivity contribution in [2.24, 2.45) is 0 Å². The highest BCUT2D eigenvalue weighted by molar-refractivity contribution is 5.59. The SMILES string of the molecule is CCc1c(C)nc(-c2cc(F)cc(F)c2)nc1N. The van der Waals surface area contributed by atoms with Gasteiger partial charge in [0.05, 0.1) is 0 Å². The number of benzene rings is 1. The molecule has 1 heterocycles. The fraction of sp³-hybridized carbons (Fsp3) is 0.231. The number of aromatic nitrogens is 2. The Balaban J connectivity index is 2.58. The average Bonchev–Trinajstić information content (AvgIpc) is 2.27. The second kappa shape index (κ2) is 4.68. The predicted octanol–water partition coefficient (Wildman–Crippen LogP) is 2.87. The Morgan fingerprint density at radius 2 is 1.72 bits per heavy atom. The van der Waals surface area contributed by atoms with Gasteiger partial charge < -0.3 is 5.73 Å². The molecule has 0 saturated carbocycles. The van der Waals surface area contributed by atoms with Crippen molar-refractivity contribution in [3.8, 4) is 11.4 Å². The van der Waals surface area contributed by atoms with Gasteiger partial charge in [0.25, 0.3) is 0 Å². The summed E-state index contributed by atoms with van der Waals surface area (Å²) in [6.45, 7) is 3.75. The molecule has 0 radical (unpaired) electrons. The highest BCUT2D eigenvalue weighted by Crippen LogP contribution is 2.22. The first-order valence-corrected chi connectivity index (χ1v) is 5.60. The number of hydrogen-bond acceptors (Lipinski definition) is 3. The standard InChI is InChI=1S/C13H13F2N3/c1-3-11-7(2)17-13(18-12(11)16)8-4-9(14)6-10(15)5-8/h4-6H,3H2,1-2H3,(H2,16,17,18). The van der Waals surface area contributed by atoms with E-state index in [0.29, 0.717) is 5.82 Å². The monoisotopic (exact) mass is 249 g/mol. The lowest BCUT2D eigenvalue weighted by atomic mass is 10.1. The van der Waals surface area contributed by atoms with Crippen molar-refractivity contribution in [3.05, 3.63) is 41.1 Å². The van der Waals surface area contributed by atoms with Crippen molar-refractivity contribution in [2.45, 2.75) is 20.3 Å². The van der Waals surface area contributed by atoms with E-state index in [1.165, 1.54) is 12.1 Å². The average molecular weight is 249 g/mol. The van der Waals surface area contributed by atoms with Crippen molar-refractivity contribution >= 4 is 5.82 Å². The Morgan fingerprint density at radius 1 is 1.11 bits per heavy atom. The van der Waals surface area contributed by atoms with Crippen LogP contribution in [-0.2, 0) is 6.42 Å². The summed E-state index contributed by atoms with van der Waals surface area (Å²) in [5.74, 6) is -0.737. The predicted molar refractivity (Wildman–Crippen MR) is 65.9 cm³/mol.